The van der Waals surface area contributed by atoms with Gasteiger partial charge in [-0.15, -0.1) is 0 Å². The normalized spacial score (nSPS) is 16.8. The third kappa shape index (κ3) is 5.50. The molecule has 5 rings (SSSR count). The molecule has 3 aromatic carbocycles. The van der Waals surface area contributed by atoms with Gasteiger partial charge in [-0.25, -0.2) is 4.79 Å². The van der Waals surface area contributed by atoms with Crippen LogP contribution >= 0.6 is 11.6 Å². The summed E-state index contributed by atoms with van der Waals surface area (Å²) in [6.07, 6.45) is -0.383. The van der Waals surface area contributed by atoms with E-state index < -0.39 is 5.92 Å². The molecule has 1 N–H and O–H groups in total. The summed E-state index contributed by atoms with van der Waals surface area (Å²) in [7, 11) is 5.43. The number of benzene rings is 3. The van der Waals surface area contributed by atoms with E-state index in [1.807, 2.05) is 73.6 Å². The van der Waals surface area contributed by atoms with Crippen molar-refractivity contribution in [1.82, 2.24) is 4.90 Å². The van der Waals surface area contributed by atoms with Crippen molar-refractivity contribution in [3.63, 3.8) is 0 Å². The van der Waals surface area contributed by atoms with Crippen molar-refractivity contribution in [2.75, 3.05) is 56.0 Å². The van der Waals surface area contributed by atoms with E-state index in [0.29, 0.717) is 47.5 Å². The van der Waals surface area contributed by atoms with E-state index in [1.165, 1.54) is 0 Å². The second kappa shape index (κ2) is 10.9. The highest BCUT2D eigenvalue weighted by atomic mass is 35.5. The van der Waals surface area contributed by atoms with Crippen LogP contribution in [0.1, 0.15) is 17.0 Å². The third-order valence-electron chi connectivity index (χ3n) is 6.67. The molecule has 1 saturated heterocycles. The van der Waals surface area contributed by atoms with Crippen LogP contribution in [0.2, 0.25) is 5.02 Å². The fourth-order valence-electron chi connectivity index (χ4n) is 4.65. The molecule has 3 amide bonds. The van der Waals surface area contributed by atoms with Crippen molar-refractivity contribution in [2.24, 2.45) is 4.99 Å². The topological polar surface area (TPSA) is 94.6 Å². The minimum Gasteiger partial charge on any atom is -0.447 e. The molecule has 3 aromatic rings. The average molecular weight is 546 g/mol. The summed E-state index contributed by atoms with van der Waals surface area (Å²) in [5.41, 5.74) is 4.79. The van der Waals surface area contributed by atoms with Crippen LogP contribution < -0.4 is 15.1 Å². The molecular weight excluding hydrogens is 518 g/mol. The summed E-state index contributed by atoms with van der Waals surface area (Å²) < 4.78 is 5.05. The molecule has 1 atom stereocenters. The minimum absolute atomic E-state index is 0.0307. The predicted molar refractivity (Wildman–Crippen MR) is 153 cm³/mol. The first-order valence-electron chi connectivity index (χ1n) is 12.5. The lowest BCUT2D eigenvalue weighted by atomic mass is 9.90. The smallest absolute Gasteiger partial charge is 0.414 e. The van der Waals surface area contributed by atoms with Crippen LogP contribution in [0.4, 0.5) is 27.5 Å². The molecule has 2 aliphatic heterocycles. The summed E-state index contributed by atoms with van der Waals surface area (Å²) >= 11 is 6.17. The highest BCUT2D eigenvalue weighted by Gasteiger charge is 2.36. The second-order valence-electron chi connectivity index (χ2n) is 9.67. The number of anilines is 3. The van der Waals surface area contributed by atoms with Crippen molar-refractivity contribution >= 4 is 58.0 Å². The van der Waals surface area contributed by atoms with Crippen LogP contribution in [0.5, 0.6) is 0 Å². The number of nitrogens with zero attached hydrogens (tertiary/aromatic N) is 4. The van der Waals surface area contributed by atoms with Gasteiger partial charge in [0.05, 0.1) is 24.5 Å². The summed E-state index contributed by atoms with van der Waals surface area (Å²) in [5, 5.41) is 3.44. The molecule has 0 spiro atoms. The maximum Gasteiger partial charge on any atom is 0.414 e. The van der Waals surface area contributed by atoms with Crippen molar-refractivity contribution < 1.29 is 19.1 Å². The van der Waals surface area contributed by atoms with Gasteiger partial charge in [0.2, 0.25) is 11.8 Å². The number of rotatable bonds is 7. The van der Waals surface area contributed by atoms with E-state index in [2.05, 4.69) is 5.32 Å². The van der Waals surface area contributed by atoms with Crippen molar-refractivity contribution in [3.8, 4) is 0 Å². The van der Waals surface area contributed by atoms with Gasteiger partial charge in [-0.3, -0.25) is 19.5 Å². The van der Waals surface area contributed by atoms with Gasteiger partial charge in [-0.2, -0.15) is 0 Å². The second-order valence-corrected chi connectivity index (χ2v) is 10.1. The molecule has 9 nitrogen and oxygen atoms in total. The average Bonchev–Trinajstić information content (AvgIpc) is 3.48. The summed E-state index contributed by atoms with van der Waals surface area (Å²) in [6, 6.07) is 19.9. The lowest BCUT2D eigenvalue weighted by Crippen LogP contribution is -2.34. The lowest BCUT2D eigenvalue weighted by Gasteiger charge is -2.20. The van der Waals surface area contributed by atoms with Crippen LogP contribution in [-0.2, 0) is 14.3 Å². The fraction of sp³-hybridized carbons (Fsp3) is 0.241. The Morgan fingerprint density at radius 3 is 2.41 bits per heavy atom. The molecule has 0 aliphatic carbocycles. The van der Waals surface area contributed by atoms with Gasteiger partial charge >= 0.3 is 6.09 Å². The van der Waals surface area contributed by atoms with Gasteiger partial charge in [0, 0.05) is 29.1 Å². The molecule has 39 heavy (non-hydrogen) atoms. The number of cyclic esters (lactones) is 1. The molecular formula is C29H28ClN5O4. The number of aliphatic imine (C=N–C) groups is 1. The zero-order valence-electron chi connectivity index (χ0n) is 21.8. The molecule has 1 fully saturated rings. The predicted octanol–water partition coefficient (Wildman–Crippen LogP) is 4.68. The first-order valence-corrected chi connectivity index (χ1v) is 12.8. The van der Waals surface area contributed by atoms with Crippen LogP contribution in [0.25, 0.3) is 0 Å². The monoisotopic (exact) mass is 545 g/mol. The number of carbonyl (C=O) groups excluding carboxylic acids is 3. The summed E-state index contributed by atoms with van der Waals surface area (Å²) in [6.45, 7) is 1.13. The standard InChI is InChI=1S/C29H28ClN5O4/c1-33(2)17-25(36)34(3)21-11-7-20(8-12-21)31-27(26-23-13-6-19(30)16-24(23)32-28(26)37)18-4-9-22(10-5-18)35-14-15-39-29(35)38/h4-13,16,26H,14-15,17H2,1-3H3,(H,32,37). The van der Waals surface area contributed by atoms with Gasteiger partial charge in [-0.1, -0.05) is 29.8 Å². The van der Waals surface area contributed by atoms with Crippen molar-refractivity contribution in [1.29, 1.82) is 0 Å². The number of amides is 3. The zero-order chi connectivity index (χ0) is 27.7. The van der Waals surface area contributed by atoms with Crippen molar-refractivity contribution in [3.05, 3.63) is 82.9 Å². The molecule has 1 unspecified atom stereocenters. The first-order chi connectivity index (χ1) is 18.7. The highest BCUT2D eigenvalue weighted by molar-refractivity contribution is 6.31. The molecule has 0 saturated carbocycles. The van der Waals surface area contributed by atoms with Crippen LogP contribution in [0.15, 0.2) is 71.7 Å². The maximum atomic E-state index is 13.2. The Bertz CT molecular complexity index is 1450. The van der Waals surface area contributed by atoms with E-state index in [9.17, 15) is 14.4 Å². The Labute approximate surface area is 231 Å². The Morgan fingerprint density at radius 2 is 1.77 bits per heavy atom. The van der Waals surface area contributed by atoms with Crippen LogP contribution in [-0.4, -0.2) is 69.4 Å². The SMILES string of the molecule is CN(C)CC(=O)N(C)c1ccc(N=C(c2ccc(N3CCOC3=O)cc2)C2C(=O)Nc3cc(Cl)ccc32)cc1. The largest absolute Gasteiger partial charge is 0.447 e. The van der Waals surface area contributed by atoms with E-state index in [-0.39, 0.29) is 17.9 Å². The zero-order valence-corrected chi connectivity index (χ0v) is 22.6. The number of likely N-dealkylation sites (N-methyl/N-ethyl adjacent to an activating group) is 2. The van der Waals surface area contributed by atoms with E-state index >= 15 is 0 Å². The number of halogens is 1. The van der Waals surface area contributed by atoms with Gasteiger partial charge in [0.15, 0.2) is 0 Å². The minimum atomic E-state index is -0.663. The molecule has 0 bridgehead atoms. The number of ether oxygens (including phenoxy) is 1. The highest BCUT2D eigenvalue weighted by Crippen LogP contribution is 2.38. The molecule has 2 aliphatic rings. The lowest BCUT2D eigenvalue weighted by molar-refractivity contribution is -0.119. The Hall–Kier alpha value is -4.21. The van der Waals surface area contributed by atoms with E-state index in [1.54, 1.807) is 29.0 Å². The number of hydrogen-bond acceptors (Lipinski definition) is 6. The third-order valence-corrected chi connectivity index (χ3v) is 6.90. The Morgan fingerprint density at radius 1 is 1.05 bits per heavy atom. The van der Waals surface area contributed by atoms with Crippen molar-refractivity contribution in [2.45, 2.75) is 5.92 Å². The summed E-state index contributed by atoms with van der Waals surface area (Å²) in [5.74, 6) is -0.899. The van der Waals surface area contributed by atoms with E-state index in [0.717, 1.165) is 16.8 Å². The van der Waals surface area contributed by atoms with E-state index in [4.69, 9.17) is 21.3 Å². The Balaban J connectivity index is 1.52. The fourth-order valence-corrected chi connectivity index (χ4v) is 4.82. The molecule has 0 radical (unpaired) electrons. The molecule has 2 heterocycles. The summed E-state index contributed by atoms with van der Waals surface area (Å²) in [4.78, 5) is 47.6. The van der Waals surface area contributed by atoms with Crippen LogP contribution in [0, 0.1) is 0 Å². The quantitative estimate of drug-likeness (QED) is 0.435. The Kier molecular flexibility index (Phi) is 7.36. The number of hydrogen-bond donors (Lipinski definition) is 1. The number of nitrogens with one attached hydrogen (secondary N) is 1. The number of carbonyl (C=O) groups is 3. The van der Waals surface area contributed by atoms with Gasteiger partial charge < -0.3 is 19.9 Å². The number of fused-ring (bicyclic) bond motifs is 1. The van der Waals surface area contributed by atoms with Gasteiger partial charge in [0.25, 0.3) is 0 Å². The van der Waals surface area contributed by atoms with Gasteiger partial charge in [-0.05, 0) is 73.8 Å². The maximum absolute atomic E-state index is 13.2. The molecule has 200 valence electrons. The van der Waals surface area contributed by atoms with Crippen LogP contribution in [0.3, 0.4) is 0 Å². The first kappa shape index (κ1) is 26.4. The van der Waals surface area contributed by atoms with Gasteiger partial charge in [0.1, 0.15) is 12.5 Å². The molecule has 0 aromatic heterocycles. The molecule has 10 heteroatoms.